The van der Waals surface area contributed by atoms with E-state index in [0.717, 1.165) is 26.9 Å². The molecule has 0 aliphatic carbocycles. The Bertz CT molecular complexity index is 552. The Hall–Kier alpha value is -1.32. The number of halogens is 1. The van der Waals surface area contributed by atoms with E-state index in [4.69, 9.17) is 4.74 Å². The first kappa shape index (κ1) is 13.1. The summed E-state index contributed by atoms with van der Waals surface area (Å²) in [5.41, 5.74) is 2.79. The van der Waals surface area contributed by atoms with Gasteiger partial charge in [0.05, 0.1) is 7.11 Å². The van der Waals surface area contributed by atoms with Crippen LogP contribution < -0.4 is 4.74 Å². The van der Waals surface area contributed by atoms with Crippen molar-refractivity contribution in [1.82, 2.24) is 0 Å². The molecule has 0 aliphatic rings. The summed E-state index contributed by atoms with van der Waals surface area (Å²) in [6, 6.07) is 13.4. The van der Waals surface area contributed by atoms with Crippen molar-refractivity contribution in [2.24, 2.45) is 0 Å². The normalized spacial score (nSPS) is 12.2. The molecule has 2 aromatic rings. The summed E-state index contributed by atoms with van der Waals surface area (Å²) in [7, 11) is 1.62. The van der Waals surface area contributed by atoms with E-state index < -0.39 is 6.10 Å². The van der Waals surface area contributed by atoms with E-state index in [0.29, 0.717) is 0 Å². The quantitative estimate of drug-likeness (QED) is 0.933. The van der Waals surface area contributed by atoms with Crippen LogP contribution in [0.15, 0.2) is 46.9 Å². The van der Waals surface area contributed by atoms with Gasteiger partial charge in [0.15, 0.2) is 0 Å². The lowest BCUT2D eigenvalue weighted by atomic mass is 9.97. The van der Waals surface area contributed by atoms with Crippen LogP contribution in [0.3, 0.4) is 0 Å². The summed E-state index contributed by atoms with van der Waals surface area (Å²) in [6.07, 6.45) is -0.657. The second kappa shape index (κ2) is 5.55. The summed E-state index contributed by atoms with van der Waals surface area (Å²) in [5, 5.41) is 10.5. The maximum Gasteiger partial charge on any atom is 0.119 e. The van der Waals surface area contributed by atoms with Gasteiger partial charge < -0.3 is 9.84 Å². The fraction of sp³-hybridized carbons (Fsp3) is 0.200. The number of benzene rings is 2. The van der Waals surface area contributed by atoms with E-state index in [9.17, 15) is 5.11 Å². The standard InChI is InChI=1S/C15H15BrO2/c1-10-5-3-4-6-12(10)15(17)13-9-11(18-2)7-8-14(13)16/h3-9,15,17H,1-2H3. The van der Waals surface area contributed by atoms with Crippen LogP contribution in [0.1, 0.15) is 22.8 Å². The van der Waals surface area contributed by atoms with Gasteiger partial charge in [0.25, 0.3) is 0 Å². The molecule has 0 aliphatic heterocycles. The molecule has 0 saturated heterocycles. The van der Waals surface area contributed by atoms with E-state index in [2.05, 4.69) is 15.9 Å². The lowest BCUT2D eigenvalue weighted by Gasteiger charge is -2.16. The van der Waals surface area contributed by atoms with Crippen molar-refractivity contribution in [2.45, 2.75) is 13.0 Å². The van der Waals surface area contributed by atoms with Gasteiger partial charge >= 0.3 is 0 Å². The molecule has 0 fully saturated rings. The third kappa shape index (κ3) is 2.57. The molecule has 2 nitrogen and oxygen atoms in total. The van der Waals surface area contributed by atoms with Gasteiger partial charge in [-0.15, -0.1) is 0 Å². The smallest absolute Gasteiger partial charge is 0.119 e. The van der Waals surface area contributed by atoms with E-state index in [-0.39, 0.29) is 0 Å². The molecule has 0 amide bonds. The number of aliphatic hydroxyl groups is 1. The summed E-state index contributed by atoms with van der Waals surface area (Å²) in [4.78, 5) is 0. The summed E-state index contributed by atoms with van der Waals surface area (Å²) in [5.74, 6) is 0.737. The molecular weight excluding hydrogens is 292 g/mol. The van der Waals surface area contributed by atoms with Gasteiger partial charge in [-0.3, -0.25) is 0 Å². The van der Waals surface area contributed by atoms with Crippen LogP contribution in [0.2, 0.25) is 0 Å². The Labute approximate surface area is 115 Å². The topological polar surface area (TPSA) is 29.5 Å². The van der Waals surface area contributed by atoms with Crippen LogP contribution in [0.5, 0.6) is 5.75 Å². The number of rotatable bonds is 3. The summed E-state index contributed by atoms with van der Waals surface area (Å²) >= 11 is 3.47. The van der Waals surface area contributed by atoms with Crippen LogP contribution in [0.25, 0.3) is 0 Å². The lowest BCUT2D eigenvalue weighted by molar-refractivity contribution is 0.218. The highest BCUT2D eigenvalue weighted by Gasteiger charge is 2.16. The van der Waals surface area contributed by atoms with Crippen LogP contribution in [0.4, 0.5) is 0 Å². The Morgan fingerprint density at radius 1 is 1.11 bits per heavy atom. The molecule has 0 aromatic heterocycles. The molecule has 0 spiro atoms. The van der Waals surface area contributed by atoms with Crippen LogP contribution in [-0.2, 0) is 0 Å². The van der Waals surface area contributed by atoms with Gasteiger partial charge in [-0.1, -0.05) is 40.2 Å². The average Bonchev–Trinajstić information content (AvgIpc) is 2.39. The van der Waals surface area contributed by atoms with E-state index in [1.54, 1.807) is 7.11 Å². The van der Waals surface area contributed by atoms with Gasteiger partial charge in [0.2, 0.25) is 0 Å². The zero-order valence-electron chi connectivity index (χ0n) is 10.4. The highest BCUT2D eigenvalue weighted by molar-refractivity contribution is 9.10. The first-order valence-corrected chi connectivity index (χ1v) is 6.50. The third-order valence-corrected chi connectivity index (χ3v) is 3.70. The number of ether oxygens (including phenoxy) is 1. The first-order chi connectivity index (χ1) is 8.63. The number of methoxy groups -OCH3 is 1. The van der Waals surface area contributed by atoms with Crippen LogP contribution in [0, 0.1) is 6.92 Å². The van der Waals surface area contributed by atoms with Crippen molar-refractivity contribution in [1.29, 1.82) is 0 Å². The fourth-order valence-corrected chi connectivity index (χ4v) is 2.38. The molecule has 1 atom stereocenters. The molecule has 0 heterocycles. The summed E-state index contributed by atoms with van der Waals surface area (Å²) in [6.45, 7) is 1.99. The van der Waals surface area contributed by atoms with Crippen molar-refractivity contribution < 1.29 is 9.84 Å². The fourth-order valence-electron chi connectivity index (χ4n) is 1.92. The zero-order valence-corrected chi connectivity index (χ0v) is 11.9. The molecule has 1 N–H and O–H groups in total. The predicted molar refractivity (Wildman–Crippen MR) is 75.9 cm³/mol. The monoisotopic (exact) mass is 306 g/mol. The molecule has 2 aromatic carbocycles. The first-order valence-electron chi connectivity index (χ1n) is 5.70. The minimum atomic E-state index is -0.657. The second-order valence-corrected chi connectivity index (χ2v) is 5.00. The highest BCUT2D eigenvalue weighted by Crippen LogP contribution is 2.32. The van der Waals surface area contributed by atoms with Crippen LogP contribution >= 0.6 is 15.9 Å². The molecular formula is C15H15BrO2. The maximum absolute atomic E-state index is 10.5. The molecule has 94 valence electrons. The predicted octanol–water partition coefficient (Wildman–Crippen LogP) is 3.85. The minimum absolute atomic E-state index is 0.657. The Morgan fingerprint density at radius 2 is 1.83 bits per heavy atom. The van der Waals surface area contributed by atoms with Gasteiger partial charge in [-0.05, 0) is 36.2 Å². The molecule has 2 rings (SSSR count). The number of aliphatic hydroxyl groups excluding tert-OH is 1. The Kier molecular flexibility index (Phi) is 4.04. The Balaban J connectivity index is 2.45. The van der Waals surface area contributed by atoms with Crippen molar-refractivity contribution in [3.05, 3.63) is 63.6 Å². The molecule has 18 heavy (non-hydrogen) atoms. The third-order valence-electron chi connectivity index (χ3n) is 2.98. The molecule has 0 saturated carbocycles. The largest absolute Gasteiger partial charge is 0.497 e. The van der Waals surface area contributed by atoms with E-state index in [1.807, 2.05) is 49.4 Å². The van der Waals surface area contributed by atoms with Gasteiger partial charge in [-0.2, -0.15) is 0 Å². The van der Waals surface area contributed by atoms with Gasteiger partial charge in [0.1, 0.15) is 11.9 Å². The molecule has 0 bridgehead atoms. The van der Waals surface area contributed by atoms with E-state index in [1.165, 1.54) is 0 Å². The van der Waals surface area contributed by atoms with Crippen molar-refractivity contribution in [2.75, 3.05) is 7.11 Å². The van der Waals surface area contributed by atoms with Crippen molar-refractivity contribution >= 4 is 15.9 Å². The number of hydrogen-bond acceptors (Lipinski definition) is 2. The highest BCUT2D eigenvalue weighted by atomic mass is 79.9. The second-order valence-electron chi connectivity index (χ2n) is 4.15. The van der Waals surface area contributed by atoms with Gasteiger partial charge in [-0.25, -0.2) is 0 Å². The summed E-state index contributed by atoms with van der Waals surface area (Å²) < 4.78 is 6.07. The molecule has 1 unspecified atom stereocenters. The molecule has 0 radical (unpaired) electrons. The van der Waals surface area contributed by atoms with E-state index >= 15 is 0 Å². The maximum atomic E-state index is 10.5. The lowest BCUT2D eigenvalue weighted by Crippen LogP contribution is -2.03. The van der Waals surface area contributed by atoms with Crippen molar-refractivity contribution in [3.8, 4) is 5.75 Å². The average molecular weight is 307 g/mol. The zero-order chi connectivity index (χ0) is 13.1. The number of aryl methyl sites for hydroxylation is 1. The minimum Gasteiger partial charge on any atom is -0.497 e. The van der Waals surface area contributed by atoms with Crippen molar-refractivity contribution in [3.63, 3.8) is 0 Å². The Morgan fingerprint density at radius 3 is 2.50 bits per heavy atom. The van der Waals surface area contributed by atoms with Gasteiger partial charge in [0, 0.05) is 10.0 Å². The molecule has 3 heteroatoms. The van der Waals surface area contributed by atoms with Crippen LogP contribution in [-0.4, -0.2) is 12.2 Å². The SMILES string of the molecule is COc1ccc(Br)c(C(O)c2ccccc2C)c1. The number of hydrogen-bond donors (Lipinski definition) is 1.